The van der Waals surface area contributed by atoms with Crippen LogP contribution in [0.3, 0.4) is 0 Å². The molecule has 0 atom stereocenters. The summed E-state index contributed by atoms with van der Waals surface area (Å²) in [5, 5.41) is 11.9. The van der Waals surface area contributed by atoms with E-state index < -0.39 is 0 Å². The number of nitrogens with zero attached hydrogens (tertiary/aromatic N) is 3. The lowest BCUT2D eigenvalue weighted by Crippen LogP contribution is -2.18. The van der Waals surface area contributed by atoms with E-state index >= 15 is 0 Å². The Bertz CT molecular complexity index is 355. The van der Waals surface area contributed by atoms with Crippen molar-refractivity contribution in [2.45, 2.75) is 70.9 Å². The lowest BCUT2D eigenvalue weighted by Gasteiger charge is -2.26. The first-order valence-corrected chi connectivity index (χ1v) is 7.43. The molecule has 2 rings (SSSR count). The predicted octanol–water partition coefficient (Wildman–Crippen LogP) is 2.85. The Morgan fingerprint density at radius 3 is 2.72 bits per heavy atom. The normalized spacial score (nSPS) is 15.9. The van der Waals surface area contributed by atoms with Crippen molar-refractivity contribution in [1.82, 2.24) is 20.3 Å². The van der Waals surface area contributed by atoms with Crippen molar-refractivity contribution in [3.05, 3.63) is 11.4 Å². The second kappa shape index (κ2) is 6.88. The third-order valence-electron chi connectivity index (χ3n) is 3.91. The number of aryl methyl sites for hydroxylation is 1. The fraction of sp³-hybridized carbons (Fsp3) is 0.857. The number of hydrogen-bond donors (Lipinski definition) is 1. The van der Waals surface area contributed by atoms with Gasteiger partial charge >= 0.3 is 0 Å². The zero-order valence-corrected chi connectivity index (χ0v) is 11.8. The molecule has 0 amide bonds. The fourth-order valence-corrected chi connectivity index (χ4v) is 2.63. The molecule has 1 aromatic rings. The minimum atomic E-state index is 0.717. The molecule has 1 heterocycles. The Labute approximate surface area is 110 Å². The van der Waals surface area contributed by atoms with Crippen LogP contribution in [0.2, 0.25) is 0 Å². The summed E-state index contributed by atoms with van der Waals surface area (Å²) in [5.41, 5.74) is 2.57. The molecule has 102 valence electrons. The molecular formula is C14H26N4. The van der Waals surface area contributed by atoms with Gasteiger partial charge in [0.15, 0.2) is 0 Å². The monoisotopic (exact) mass is 250 g/mol. The maximum atomic E-state index is 4.36. The first kappa shape index (κ1) is 13.5. The van der Waals surface area contributed by atoms with Crippen LogP contribution in [0.5, 0.6) is 0 Å². The average Bonchev–Trinajstić information content (AvgIpc) is 2.67. The molecule has 4 nitrogen and oxygen atoms in total. The molecule has 1 N–H and O–H groups in total. The van der Waals surface area contributed by atoms with Gasteiger partial charge in [-0.15, -0.1) is 5.10 Å². The highest BCUT2D eigenvalue weighted by atomic mass is 15.4. The van der Waals surface area contributed by atoms with Crippen LogP contribution in [0.1, 0.15) is 69.2 Å². The Morgan fingerprint density at radius 1 is 1.28 bits per heavy atom. The smallest absolute Gasteiger partial charge is 0.0999 e. The molecule has 1 aliphatic rings. The van der Waals surface area contributed by atoms with Gasteiger partial charge in [0, 0.05) is 19.0 Å². The summed E-state index contributed by atoms with van der Waals surface area (Å²) >= 11 is 0. The molecule has 0 aromatic carbocycles. The van der Waals surface area contributed by atoms with Crippen LogP contribution in [-0.2, 0) is 13.1 Å². The zero-order chi connectivity index (χ0) is 12.8. The van der Waals surface area contributed by atoms with Crippen molar-refractivity contribution < 1.29 is 0 Å². The highest BCUT2D eigenvalue weighted by molar-refractivity contribution is 5.18. The van der Waals surface area contributed by atoms with Crippen molar-refractivity contribution in [2.24, 2.45) is 0 Å². The van der Waals surface area contributed by atoms with Crippen LogP contribution in [0.25, 0.3) is 0 Å². The third kappa shape index (κ3) is 3.10. The molecule has 0 aliphatic heterocycles. The van der Waals surface area contributed by atoms with Gasteiger partial charge in [0.2, 0.25) is 0 Å². The summed E-state index contributed by atoms with van der Waals surface area (Å²) in [7, 11) is 1.98. The molecular weight excluding hydrogens is 224 g/mol. The number of unbranched alkanes of at least 4 members (excludes halogenated alkanes) is 3. The van der Waals surface area contributed by atoms with E-state index in [4.69, 9.17) is 0 Å². The second-order valence-electron chi connectivity index (χ2n) is 5.36. The van der Waals surface area contributed by atoms with Gasteiger partial charge in [0.05, 0.1) is 11.4 Å². The maximum absolute atomic E-state index is 4.36. The molecule has 0 bridgehead atoms. The van der Waals surface area contributed by atoms with Gasteiger partial charge in [-0.1, -0.05) is 37.8 Å². The SMILES string of the molecule is CCCCCCn1nnc(CNC)c1C1CCC1. The van der Waals surface area contributed by atoms with Gasteiger partial charge in [-0.2, -0.15) is 0 Å². The topological polar surface area (TPSA) is 42.7 Å². The highest BCUT2D eigenvalue weighted by Gasteiger charge is 2.27. The lowest BCUT2D eigenvalue weighted by atomic mass is 9.82. The molecule has 0 radical (unpaired) electrons. The van der Waals surface area contributed by atoms with Crippen LogP contribution in [0, 0.1) is 0 Å². The molecule has 0 unspecified atom stereocenters. The predicted molar refractivity (Wildman–Crippen MR) is 73.5 cm³/mol. The number of aromatic nitrogens is 3. The quantitative estimate of drug-likeness (QED) is 0.721. The van der Waals surface area contributed by atoms with Crippen LogP contribution < -0.4 is 5.32 Å². The fourth-order valence-electron chi connectivity index (χ4n) is 2.63. The second-order valence-corrected chi connectivity index (χ2v) is 5.36. The summed E-state index contributed by atoms with van der Waals surface area (Å²) in [4.78, 5) is 0. The maximum Gasteiger partial charge on any atom is 0.0999 e. The molecule has 1 aromatic heterocycles. The minimum Gasteiger partial charge on any atom is -0.314 e. The van der Waals surface area contributed by atoms with Crippen molar-refractivity contribution in [3.63, 3.8) is 0 Å². The van der Waals surface area contributed by atoms with Crippen LogP contribution in [0.15, 0.2) is 0 Å². The third-order valence-corrected chi connectivity index (χ3v) is 3.91. The molecule has 1 aliphatic carbocycles. The van der Waals surface area contributed by atoms with Crippen LogP contribution >= 0.6 is 0 Å². The van der Waals surface area contributed by atoms with Crippen molar-refractivity contribution in [1.29, 1.82) is 0 Å². The molecule has 4 heteroatoms. The lowest BCUT2D eigenvalue weighted by molar-refractivity contribution is 0.380. The Balaban J connectivity index is 1.99. The number of rotatable bonds is 8. The van der Waals surface area contributed by atoms with E-state index in [0.29, 0.717) is 0 Å². The first-order valence-electron chi connectivity index (χ1n) is 7.43. The summed E-state index contributed by atoms with van der Waals surface area (Å²) in [5.74, 6) is 0.717. The van der Waals surface area contributed by atoms with Crippen LogP contribution in [0.4, 0.5) is 0 Å². The molecule has 1 fully saturated rings. The number of hydrogen-bond acceptors (Lipinski definition) is 3. The Morgan fingerprint density at radius 2 is 2.11 bits per heavy atom. The summed E-state index contributed by atoms with van der Waals surface area (Å²) in [6, 6.07) is 0. The van der Waals surface area contributed by atoms with E-state index in [9.17, 15) is 0 Å². The van der Waals surface area contributed by atoms with E-state index in [1.54, 1.807) is 0 Å². The van der Waals surface area contributed by atoms with Gasteiger partial charge in [0.25, 0.3) is 0 Å². The van der Waals surface area contributed by atoms with Crippen molar-refractivity contribution in [3.8, 4) is 0 Å². The summed E-state index contributed by atoms with van der Waals surface area (Å²) in [6.07, 6.45) is 9.16. The van der Waals surface area contributed by atoms with E-state index in [1.165, 1.54) is 50.6 Å². The molecule has 0 spiro atoms. The zero-order valence-electron chi connectivity index (χ0n) is 11.8. The first-order chi connectivity index (χ1) is 8.86. The molecule has 18 heavy (non-hydrogen) atoms. The van der Waals surface area contributed by atoms with Gasteiger partial charge < -0.3 is 5.32 Å². The molecule has 0 saturated heterocycles. The number of nitrogens with one attached hydrogen (secondary N) is 1. The Hall–Kier alpha value is -0.900. The standard InChI is InChI=1S/C14H26N4/c1-3-4-5-6-10-18-14(12-8-7-9-12)13(11-15-2)16-17-18/h12,15H,3-11H2,1-2H3. The van der Waals surface area contributed by atoms with E-state index in [2.05, 4.69) is 27.2 Å². The highest BCUT2D eigenvalue weighted by Crippen LogP contribution is 2.37. The van der Waals surface area contributed by atoms with Gasteiger partial charge in [-0.05, 0) is 26.3 Å². The summed E-state index contributed by atoms with van der Waals surface area (Å²) in [6.45, 7) is 4.14. The summed E-state index contributed by atoms with van der Waals surface area (Å²) < 4.78 is 2.17. The van der Waals surface area contributed by atoms with Gasteiger partial charge in [0.1, 0.15) is 0 Å². The van der Waals surface area contributed by atoms with Crippen LogP contribution in [-0.4, -0.2) is 22.0 Å². The van der Waals surface area contributed by atoms with Crippen molar-refractivity contribution >= 4 is 0 Å². The van der Waals surface area contributed by atoms with Gasteiger partial charge in [-0.25, -0.2) is 4.68 Å². The van der Waals surface area contributed by atoms with E-state index in [-0.39, 0.29) is 0 Å². The van der Waals surface area contributed by atoms with Gasteiger partial charge in [-0.3, -0.25) is 0 Å². The van der Waals surface area contributed by atoms with E-state index in [0.717, 1.165) is 24.7 Å². The molecule has 1 saturated carbocycles. The van der Waals surface area contributed by atoms with E-state index in [1.807, 2.05) is 7.05 Å². The largest absolute Gasteiger partial charge is 0.314 e. The Kier molecular flexibility index (Phi) is 5.17. The minimum absolute atomic E-state index is 0.717. The van der Waals surface area contributed by atoms with Crippen molar-refractivity contribution in [2.75, 3.05) is 7.05 Å². The average molecular weight is 250 g/mol.